The van der Waals surface area contributed by atoms with E-state index < -0.39 is 0 Å². The molecule has 0 atom stereocenters. The van der Waals surface area contributed by atoms with Gasteiger partial charge in [-0.05, 0) is 19.9 Å². The number of fused-ring (bicyclic) bond motifs is 2. The first-order valence-electron chi connectivity index (χ1n) is 6.11. The molecule has 0 aromatic heterocycles. The topological polar surface area (TPSA) is 43.7 Å². The quantitative estimate of drug-likeness (QED) is 0.747. The van der Waals surface area contributed by atoms with Gasteiger partial charge >= 0.3 is 0 Å². The number of rotatable bonds is 2. The van der Waals surface area contributed by atoms with Gasteiger partial charge in [-0.1, -0.05) is 5.57 Å². The molecule has 0 amide bonds. The molecule has 0 fully saturated rings. The Hall–Kier alpha value is -1.82. The Bertz CT molecular complexity index is 491. The molecule has 3 aliphatic heterocycles. The summed E-state index contributed by atoms with van der Waals surface area (Å²) in [7, 11) is 1.66. The fraction of sp³-hybridized carbons (Fsp3) is 0.500. The Balaban J connectivity index is 2.00. The second kappa shape index (κ2) is 4.13. The van der Waals surface area contributed by atoms with Gasteiger partial charge in [-0.3, -0.25) is 9.74 Å². The van der Waals surface area contributed by atoms with Gasteiger partial charge in [0.2, 0.25) is 0 Å². The standard InChI is InChI=1S/C12H17N5O/c1-4-15-6-9(2)5-10-12(15)17-8-16(18-3)7-11(17)14-13-10/h5,7H,4,6,8H2,1-3H3. The third-order valence-corrected chi connectivity index (χ3v) is 3.30. The van der Waals surface area contributed by atoms with Gasteiger partial charge in [0.25, 0.3) is 0 Å². The van der Waals surface area contributed by atoms with Crippen LogP contribution in [-0.4, -0.2) is 41.7 Å². The van der Waals surface area contributed by atoms with Crippen molar-refractivity contribution in [2.24, 2.45) is 10.2 Å². The lowest BCUT2D eigenvalue weighted by molar-refractivity contribution is -0.0972. The van der Waals surface area contributed by atoms with Crippen LogP contribution in [0.1, 0.15) is 13.8 Å². The normalized spacial score (nSPS) is 22.1. The highest BCUT2D eigenvalue weighted by atomic mass is 16.7. The molecule has 0 saturated carbocycles. The van der Waals surface area contributed by atoms with Gasteiger partial charge < -0.3 is 4.90 Å². The van der Waals surface area contributed by atoms with Crippen molar-refractivity contribution in [3.8, 4) is 0 Å². The van der Waals surface area contributed by atoms with E-state index in [1.807, 2.05) is 6.20 Å². The fourth-order valence-corrected chi connectivity index (χ4v) is 2.45. The fourth-order valence-electron chi connectivity index (χ4n) is 2.45. The largest absolute Gasteiger partial charge is 0.352 e. The molecule has 6 nitrogen and oxygen atoms in total. The van der Waals surface area contributed by atoms with Crippen LogP contribution in [0.2, 0.25) is 0 Å². The number of nitrogens with zero attached hydrogens (tertiary/aromatic N) is 5. The van der Waals surface area contributed by atoms with Crippen molar-refractivity contribution in [2.45, 2.75) is 13.8 Å². The van der Waals surface area contributed by atoms with Crippen LogP contribution in [-0.2, 0) is 4.84 Å². The zero-order valence-corrected chi connectivity index (χ0v) is 10.9. The zero-order chi connectivity index (χ0) is 12.7. The molecular formula is C12H17N5O. The summed E-state index contributed by atoms with van der Waals surface area (Å²) in [6.07, 6.45) is 3.98. The predicted octanol–water partition coefficient (Wildman–Crippen LogP) is 1.84. The second-order valence-corrected chi connectivity index (χ2v) is 4.57. The molecule has 0 bridgehead atoms. The minimum Gasteiger partial charge on any atom is -0.352 e. The minimum atomic E-state index is 0.660. The third-order valence-electron chi connectivity index (χ3n) is 3.30. The van der Waals surface area contributed by atoms with Crippen molar-refractivity contribution in [3.05, 3.63) is 35.2 Å². The Morgan fingerprint density at radius 2 is 2.22 bits per heavy atom. The summed E-state index contributed by atoms with van der Waals surface area (Å²) in [6, 6.07) is 0. The number of azo groups is 1. The molecule has 3 heterocycles. The van der Waals surface area contributed by atoms with E-state index >= 15 is 0 Å². The molecule has 18 heavy (non-hydrogen) atoms. The van der Waals surface area contributed by atoms with Crippen LogP contribution in [0.25, 0.3) is 0 Å². The first-order valence-corrected chi connectivity index (χ1v) is 6.11. The van der Waals surface area contributed by atoms with Gasteiger partial charge in [0.05, 0.1) is 13.3 Å². The third kappa shape index (κ3) is 1.60. The Morgan fingerprint density at radius 1 is 1.39 bits per heavy atom. The maximum absolute atomic E-state index is 5.23. The van der Waals surface area contributed by atoms with Gasteiger partial charge in [-0.2, -0.15) is 0 Å². The van der Waals surface area contributed by atoms with E-state index in [0.29, 0.717) is 6.67 Å². The number of hydrogen-bond donors (Lipinski definition) is 0. The molecular weight excluding hydrogens is 230 g/mol. The van der Waals surface area contributed by atoms with Crippen LogP contribution in [0.3, 0.4) is 0 Å². The van der Waals surface area contributed by atoms with Crippen LogP contribution in [0.5, 0.6) is 0 Å². The van der Waals surface area contributed by atoms with Crippen molar-refractivity contribution < 1.29 is 4.84 Å². The van der Waals surface area contributed by atoms with Crippen LogP contribution in [0.4, 0.5) is 0 Å². The Morgan fingerprint density at radius 3 is 2.94 bits per heavy atom. The molecule has 3 aliphatic rings. The van der Waals surface area contributed by atoms with Crippen LogP contribution in [0, 0.1) is 0 Å². The van der Waals surface area contributed by atoms with Crippen molar-refractivity contribution in [3.63, 3.8) is 0 Å². The molecule has 0 saturated heterocycles. The molecule has 0 spiro atoms. The number of allylic oxidation sites excluding steroid dienone is 1. The van der Waals surface area contributed by atoms with Gasteiger partial charge in [0.15, 0.2) is 5.82 Å². The van der Waals surface area contributed by atoms with Crippen LogP contribution < -0.4 is 0 Å². The average molecular weight is 247 g/mol. The molecule has 0 radical (unpaired) electrons. The SMILES string of the molecule is CCN1CC(C)=CC2=C1N1CN(OC)C=C1N=N2. The van der Waals surface area contributed by atoms with Gasteiger partial charge in [0.1, 0.15) is 18.2 Å². The van der Waals surface area contributed by atoms with Crippen molar-refractivity contribution in [1.82, 2.24) is 14.9 Å². The first-order chi connectivity index (χ1) is 8.72. The summed E-state index contributed by atoms with van der Waals surface area (Å²) >= 11 is 0. The average Bonchev–Trinajstić information content (AvgIpc) is 2.80. The van der Waals surface area contributed by atoms with Crippen molar-refractivity contribution in [1.29, 1.82) is 0 Å². The van der Waals surface area contributed by atoms with Crippen LogP contribution in [0.15, 0.2) is 45.4 Å². The maximum atomic E-state index is 5.23. The maximum Gasteiger partial charge on any atom is 0.177 e. The highest BCUT2D eigenvalue weighted by molar-refractivity contribution is 5.35. The molecule has 0 N–H and O–H groups in total. The molecule has 0 aromatic rings. The monoisotopic (exact) mass is 247 g/mol. The molecule has 3 rings (SSSR count). The van der Waals surface area contributed by atoms with E-state index in [0.717, 1.165) is 30.4 Å². The van der Waals surface area contributed by atoms with E-state index in [-0.39, 0.29) is 0 Å². The lowest BCUT2D eigenvalue weighted by atomic mass is 10.1. The summed E-state index contributed by atoms with van der Waals surface area (Å²) in [6.45, 7) is 6.84. The first kappa shape index (κ1) is 11.3. The minimum absolute atomic E-state index is 0.660. The lowest BCUT2D eigenvalue weighted by Gasteiger charge is -2.37. The number of likely N-dealkylation sites (N-methyl/N-ethyl adjacent to an activating group) is 1. The summed E-state index contributed by atoms with van der Waals surface area (Å²) in [4.78, 5) is 9.68. The number of hydroxylamine groups is 2. The molecule has 6 heteroatoms. The highest BCUT2D eigenvalue weighted by Crippen LogP contribution is 2.34. The van der Waals surface area contributed by atoms with Crippen LogP contribution >= 0.6 is 0 Å². The smallest absolute Gasteiger partial charge is 0.177 e. The van der Waals surface area contributed by atoms with Gasteiger partial charge in [-0.25, -0.2) is 5.06 Å². The van der Waals surface area contributed by atoms with Crippen molar-refractivity contribution in [2.75, 3.05) is 26.9 Å². The molecule has 96 valence electrons. The zero-order valence-electron chi connectivity index (χ0n) is 10.9. The predicted molar refractivity (Wildman–Crippen MR) is 66.5 cm³/mol. The van der Waals surface area contributed by atoms with E-state index in [1.54, 1.807) is 12.2 Å². The summed E-state index contributed by atoms with van der Waals surface area (Å²) in [5.41, 5.74) is 2.25. The van der Waals surface area contributed by atoms with E-state index in [1.165, 1.54) is 5.57 Å². The van der Waals surface area contributed by atoms with E-state index in [4.69, 9.17) is 4.84 Å². The molecule has 0 aliphatic carbocycles. The Kier molecular flexibility index (Phi) is 2.59. The van der Waals surface area contributed by atoms with Gasteiger partial charge in [0, 0.05) is 13.1 Å². The Labute approximate surface area is 106 Å². The van der Waals surface area contributed by atoms with E-state index in [9.17, 15) is 0 Å². The highest BCUT2D eigenvalue weighted by Gasteiger charge is 2.33. The summed E-state index contributed by atoms with van der Waals surface area (Å²) in [5.74, 6) is 1.96. The molecule has 0 aromatic carbocycles. The van der Waals surface area contributed by atoms with Crippen molar-refractivity contribution >= 4 is 0 Å². The second-order valence-electron chi connectivity index (χ2n) is 4.57. The van der Waals surface area contributed by atoms with E-state index in [2.05, 4.69) is 40.0 Å². The summed E-state index contributed by atoms with van der Waals surface area (Å²) < 4.78 is 0. The lowest BCUT2D eigenvalue weighted by Crippen LogP contribution is -2.40. The summed E-state index contributed by atoms with van der Waals surface area (Å²) in [5, 5.41) is 10.3. The van der Waals surface area contributed by atoms with Gasteiger partial charge in [-0.15, -0.1) is 10.2 Å². The molecule has 0 unspecified atom stereocenters. The number of hydrogen-bond acceptors (Lipinski definition) is 6.